The van der Waals surface area contributed by atoms with Crippen molar-refractivity contribution in [3.8, 4) is 11.5 Å². The van der Waals surface area contributed by atoms with Gasteiger partial charge in [0.05, 0.1) is 0 Å². The molecule has 2 atom stereocenters. The van der Waals surface area contributed by atoms with Gasteiger partial charge in [0.15, 0.2) is 11.5 Å². The lowest BCUT2D eigenvalue weighted by atomic mass is 9.90. The van der Waals surface area contributed by atoms with E-state index in [1.165, 1.54) is 24.8 Å². The van der Waals surface area contributed by atoms with Gasteiger partial charge in [0.25, 0.3) is 0 Å². The normalized spacial score (nSPS) is 24.0. The van der Waals surface area contributed by atoms with Gasteiger partial charge >= 0.3 is 0 Å². The first kappa shape index (κ1) is 15.8. The number of carbonyl (C=O) groups excluding carboxylic acids is 1. The van der Waals surface area contributed by atoms with Gasteiger partial charge in [-0.05, 0) is 61.6 Å². The number of likely N-dealkylation sites (tertiary alicyclic amines) is 1. The first-order valence-electron chi connectivity index (χ1n) is 9.45. The summed E-state index contributed by atoms with van der Waals surface area (Å²) in [6, 6.07) is 6.70. The molecule has 4 heteroatoms. The second kappa shape index (κ2) is 6.66. The van der Waals surface area contributed by atoms with E-state index in [0.29, 0.717) is 43.4 Å². The highest BCUT2D eigenvalue weighted by molar-refractivity contribution is 5.78. The van der Waals surface area contributed by atoms with Gasteiger partial charge in [-0.1, -0.05) is 13.0 Å². The van der Waals surface area contributed by atoms with E-state index in [-0.39, 0.29) is 0 Å². The first-order chi connectivity index (χ1) is 11.8. The highest BCUT2D eigenvalue weighted by Gasteiger charge is 2.37. The zero-order valence-corrected chi connectivity index (χ0v) is 14.5. The topological polar surface area (TPSA) is 38.8 Å². The zero-order chi connectivity index (χ0) is 16.5. The summed E-state index contributed by atoms with van der Waals surface area (Å²) in [5.74, 6) is 2.98. The molecule has 1 amide bonds. The van der Waals surface area contributed by atoms with Crippen molar-refractivity contribution < 1.29 is 14.3 Å². The fraction of sp³-hybridized carbons (Fsp3) is 0.650. The molecule has 4 rings (SSSR count). The number of amides is 1. The summed E-state index contributed by atoms with van der Waals surface area (Å²) < 4.78 is 11.4. The van der Waals surface area contributed by atoms with E-state index in [4.69, 9.17) is 9.47 Å². The SMILES string of the molecule is CCC1CCCN1C(=O)CC(c1ccc2c(c1)OCCO2)C1CC1. The Morgan fingerprint density at radius 2 is 2.00 bits per heavy atom. The summed E-state index contributed by atoms with van der Waals surface area (Å²) in [7, 11) is 0. The quantitative estimate of drug-likeness (QED) is 0.826. The molecule has 4 nitrogen and oxygen atoms in total. The predicted octanol–water partition coefficient (Wildman–Crippen LogP) is 3.74. The van der Waals surface area contributed by atoms with E-state index >= 15 is 0 Å². The van der Waals surface area contributed by atoms with Crippen molar-refractivity contribution in [2.75, 3.05) is 19.8 Å². The van der Waals surface area contributed by atoms with E-state index in [1.807, 2.05) is 6.07 Å². The van der Waals surface area contributed by atoms with Crippen LogP contribution < -0.4 is 9.47 Å². The Hall–Kier alpha value is -1.71. The van der Waals surface area contributed by atoms with E-state index in [1.54, 1.807) is 0 Å². The maximum absolute atomic E-state index is 12.9. The molecule has 1 aromatic carbocycles. The molecule has 1 saturated heterocycles. The Kier molecular flexibility index (Phi) is 4.38. The van der Waals surface area contributed by atoms with Crippen molar-refractivity contribution in [3.05, 3.63) is 23.8 Å². The first-order valence-corrected chi connectivity index (χ1v) is 9.45. The van der Waals surface area contributed by atoms with Crippen molar-refractivity contribution in [1.29, 1.82) is 0 Å². The Bertz CT molecular complexity index is 611. The number of hydrogen-bond acceptors (Lipinski definition) is 3. The van der Waals surface area contributed by atoms with Crippen LogP contribution in [0.25, 0.3) is 0 Å². The van der Waals surface area contributed by atoms with Gasteiger partial charge in [-0.3, -0.25) is 4.79 Å². The van der Waals surface area contributed by atoms with Crippen molar-refractivity contribution in [1.82, 2.24) is 4.90 Å². The molecule has 0 bridgehead atoms. The number of rotatable bonds is 5. The summed E-state index contributed by atoms with van der Waals surface area (Å²) in [5, 5.41) is 0. The average Bonchev–Trinajstić information content (AvgIpc) is 3.34. The number of hydrogen-bond donors (Lipinski definition) is 0. The van der Waals surface area contributed by atoms with Crippen LogP contribution in [0, 0.1) is 5.92 Å². The Morgan fingerprint density at radius 3 is 2.75 bits per heavy atom. The van der Waals surface area contributed by atoms with E-state index in [9.17, 15) is 4.79 Å². The summed E-state index contributed by atoms with van der Waals surface area (Å²) in [5.41, 5.74) is 1.24. The molecule has 1 saturated carbocycles. The van der Waals surface area contributed by atoms with Crippen LogP contribution in [0.4, 0.5) is 0 Å². The van der Waals surface area contributed by atoms with Crippen LogP contribution in [0.5, 0.6) is 11.5 Å². The third-order valence-electron chi connectivity index (χ3n) is 5.75. The fourth-order valence-corrected chi connectivity index (χ4v) is 4.24. The largest absolute Gasteiger partial charge is 0.486 e. The van der Waals surface area contributed by atoms with Crippen molar-refractivity contribution >= 4 is 5.91 Å². The lowest BCUT2D eigenvalue weighted by Crippen LogP contribution is -2.36. The molecule has 24 heavy (non-hydrogen) atoms. The van der Waals surface area contributed by atoms with Crippen LogP contribution in [0.3, 0.4) is 0 Å². The molecule has 3 aliphatic rings. The lowest BCUT2D eigenvalue weighted by molar-refractivity contribution is -0.132. The Morgan fingerprint density at radius 1 is 1.21 bits per heavy atom. The van der Waals surface area contributed by atoms with Crippen molar-refractivity contribution in [3.63, 3.8) is 0 Å². The minimum Gasteiger partial charge on any atom is -0.486 e. The number of benzene rings is 1. The number of ether oxygens (including phenoxy) is 2. The van der Waals surface area contributed by atoms with E-state index in [2.05, 4.69) is 24.0 Å². The van der Waals surface area contributed by atoms with Gasteiger partial charge in [0.2, 0.25) is 5.91 Å². The second-order valence-corrected chi connectivity index (χ2v) is 7.34. The predicted molar refractivity (Wildman–Crippen MR) is 92.5 cm³/mol. The van der Waals surface area contributed by atoms with Gasteiger partial charge in [0, 0.05) is 19.0 Å². The maximum atomic E-state index is 12.9. The van der Waals surface area contributed by atoms with Crippen molar-refractivity contribution in [2.45, 2.75) is 57.4 Å². The van der Waals surface area contributed by atoms with Crippen LogP contribution in [-0.2, 0) is 4.79 Å². The molecular formula is C20H27NO3. The number of nitrogens with zero attached hydrogens (tertiary/aromatic N) is 1. The van der Waals surface area contributed by atoms with Crippen molar-refractivity contribution in [2.24, 2.45) is 5.92 Å². The second-order valence-electron chi connectivity index (χ2n) is 7.34. The Balaban J connectivity index is 1.51. The third kappa shape index (κ3) is 3.11. The summed E-state index contributed by atoms with van der Waals surface area (Å²) in [6.45, 7) is 4.35. The minimum absolute atomic E-state index is 0.325. The molecule has 1 aliphatic carbocycles. The molecule has 0 radical (unpaired) electrons. The van der Waals surface area contributed by atoms with E-state index in [0.717, 1.165) is 30.9 Å². The average molecular weight is 329 g/mol. The van der Waals surface area contributed by atoms with Crippen LogP contribution in [0.15, 0.2) is 18.2 Å². The third-order valence-corrected chi connectivity index (χ3v) is 5.75. The summed E-state index contributed by atoms with van der Waals surface area (Å²) in [6.07, 6.45) is 6.51. The molecule has 1 aromatic rings. The smallest absolute Gasteiger partial charge is 0.223 e. The van der Waals surface area contributed by atoms with Crippen LogP contribution in [0.1, 0.15) is 56.9 Å². The van der Waals surface area contributed by atoms with E-state index < -0.39 is 0 Å². The zero-order valence-electron chi connectivity index (χ0n) is 14.5. The molecule has 2 heterocycles. The maximum Gasteiger partial charge on any atom is 0.223 e. The number of carbonyl (C=O) groups is 1. The molecule has 2 unspecified atom stereocenters. The van der Waals surface area contributed by atoms with Crippen LogP contribution in [0.2, 0.25) is 0 Å². The fourth-order valence-electron chi connectivity index (χ4n) is 4.24. The molecule has 2 aliphatic heterocycles. The highest BCUT2D eigenvalue weighted by Crippen LogP contribution is 2.46. The summed E-state index contributed by atoms with van der Waals surface area (Å²) in [4.78, 5) is 15.0. The van der Waals surface area contributed by atoms with Crippen LogP contribution in [-0.4, -0.2) is 36.6 Å². The van der Waals surface area contributed by atoms with Gasteiger partial charge < -0.3 is 14.4 Å². The highest BCUT2D eigenvalue weighted by atomic mass is 16.6. The summed E-state index contributed by atoms with van der Waals surface area (Å²) >= 11 is 0. The van der Waals surface area contributed by atoms with Gasteiger partial charge in [-0.2, -0.15) is 0 Å². The minimum atomic E-state index is 0.325. The molecule has 0 spiro atoms. The number of fused-ring (bicyclic) bond motifs is 1. The molecule has 2 fully saturated rings. The molecular weight excluding hydrogens is 302 g/mol. The molecule has 0 aromatic heterocycles. The van der Waals surface area contributed by atoms with Crippen LogP contribution >= 0.6 is 0 Å². The standard InChI is InChI=1S/C20H27NO3/c1-2-16-4-3-9-21(16)20(22)13-17(14-5-6-14)15-7-8-18-19(12-15)24-11-10-23-18/h7-8,12,14,16-17H,2-6,9-11,13H2,1H3. The lowest BCUT2D eigenvalue weighted by Gasteiger charge is -2.27. The molecule has 130 valence electrons. The Labute approximate surface area is 144 Å². The van der Waals surface area contributed by atoms with Gasteiger partial charge in [-0.15, -0.1) is 0 Å². The molecule has 0 N–H and O–H groups in total. The van der Waals surface area contributed by atoms with Gasteiger partial charge in [0.1, 0.15) is 13.2 Å². The van der Waals surface area contributed by atoms with Gasteiger partial charge in [-0.25, -0.2) is 0 Å². The monoisotopic (exact) mass is 329 g/mol.